The summed E-state index contributed by atoms with van der Waals surface area (Å²) in [4.78, 5) is 37.3. The van der Waals surface area contributed by atoms with Crippen LogP contribution in [0.15, 0.2) is 261 Å². The van der Waals surface area contributed by atoms with Gasteiger partial charge in [-0.3, -0.25) is 9.88 Å². The molecule has 14 aromatic rings. The molecule has 0 spiro atoms. The largest absolute Gasteiger partial charge is 0.416 e. The van der Waals surface area contributed by atoms with Crippen LogP contribution in [0.25, 0.3) is 21.9 Å². The Balaban J connectivity index is 0.000000153. The Morgan fingerprint density at radius 1 is 0.500 bits per heavy atom. The minimum absolute atomic E-state index is 0. The molecule has 2 atom stereocenters. The highest BCUT2D eigenvalue weighted by Crippen LogP contribution is 2.37. The van der Waals surface area contributed by atoms with Gasteiger partial charge in [-0.25, -0.2) is 23.1 Å². The lowest BCUT2D eigenvalue weighted by Crippen LogP contribution is -2.41. The number of halogens is 7. The van der Waals surface area contributed by atoms with Gasteiger partial charge in [0.1, 0.15) is 29.1 Å². The highest BCUT2D eigenvalue weighted by Gasteiger charge is 2.36. The molecule has 26 heteroatoms. The van der Waals surface area contributed by atoms with Crippen molar-refractivity contribution in [2.45, 2.75) is 161 Å². The average molecular weight is 2020 g/mol. The van der Waals surface area contributed by atoms with E-state index in [1.165, 1.54) is 133 Å². The van der Waals surface area contributed by atoms with E-state index in [0.29, 0.717) is 54.2 Å². The topological polar surface area (TPSA) is 166 Å². The third kappa shape index (κ3) is 34.2. The summed E-state index contributed by atoms with van der Waals surface area (Å²) in [5, 5.41) is 18.0. The van der Waals surface area contributed by atoms with Crippen LogP contribution in [0.5, 0.6) is 0 Å². The Kier molecular flexibility index (Phi) is 44.8. The van der Waals surface area contributed by atoms with Crippen molar-refractivity contribution in [3.05, 3.63) is 390 Å². The fourth-order valence-electron chi connectivity index (χ4n) is 19.7. The van der Waals surface area contributed by atoms with Gasteiger partial charge in [-0.1, -0.05) is 160 Å². The number of ether oxygens (including phenoxy) is 1. The predicted octanol–water partition coefficient (Wildman–Crippen LogP) is 22.6. The van der Waals surface area contributed by atoms with Gasteiger partial charge in [-0.05, 0) is 334 Å². The van der Waals surface area contributed by atoms with Crippen LogP contribution in [0.2, 0.25) is 5.02 Å². The van der Waals surface area contributed by atoms with E-state index in [1.54, 1.807) is 37.4 Å². The number of H-pyrrole nitrogens is 2. The zero-order chi connectivity index (χ0) is 104. The third-order valence-corrected chi connectivity index (χ3v) is 27.9. The monoisotopic (exact) mass is 2010 g/mol. The molecule has 11 heterocycles. The number of alkyl halides is 3. The molecule has 7 aliphatic heterocycles. The second-order valence-corrected chi connectivity index (χ2v) is 40.1. The lowest BCUT2D eigenvalue weighted by atomic mass is 9.79. The summed E-state index contributed by atoms with van der Waals surface area (Å²) in [5.41, 5.74) is 26.1. The van der Waals surface area contributed by atoms with Crippen LogP contribution in [-0.2, 0) is 114 Å². The third-order valence-electron chi connectivity index (χ3n) is 27.7. The lowest BCUT2D eigenvalue weighted by molar-refractivity contribution is -0.138. The smallest absolute Gasteiger partial charge is 0.388 e. The molecule has 0 amide bonds. The van der Waals surface area contributed by atoms with E-state index in [-0.39, 0.29) is 30.9 Å². The first-order chi connectivity index (χ1) is 69.9. The quantitative estimate of drug-likeness (QED) is 0.0545. The second-order valence-electron chi connectivity index (χ2n) is 39.7. The van der Waals surface area contributed by atoms with Crippen LogP contribution in [0, 0.1) is 17.5 Å². The molecule has 10 aromatic carbocycles. The summed E-state index contributed by atoms with van der Waals surface area (Å²) in [7, 11) is 28.2. The number of imidazole rings is 1. The first-order valence-electron chi connectivity index (χ1n) is 50.6. The molecule has 1 saturated heterocycles. The number of fused-ring (bicyclic) bond motifs is 9. The van der Waals surface area contributed by atoms with E-state index in [2.05, 4.69) is 263 Å². The number of hydrogen-bond acceptors (Lipinski definition) is 17. The van der Waals surface area contributed by atoms with E-state index in [1.807, 2.05) is 140 Å². The minimum Gasteiger partial charge on any atom is -0.388 e. The average Bonchev–Trinajstić information content (AvgIpc) is 1.11. The molecule has 0 saturated carbocycles. The molecular formula is C120H155ClF6N18O. The van der Waals surface area contributed by atoms with Crippen LogP contribution in [0.3, 0.4) is 0 Å². The van der Waals surface area contributed by atoms with Gasteiger partial charge < -0.3 is 75.6 Å². The molecule has 2 unspecified atom stereocenters. The highest BCUT2D eigenvalue weighted by atomic mass is 35.5. The normalized spacial score (nSPS) is 16.2. The number of nitrogens with one attached hydrogen (secondary N) is 7. The number of likely N-dealkylation sites (N-methyl/N-ethyl adjacent to an activating group) is 7. The predicted molar refractivity (Wildman–Crippen MR) is 593 cm³/mol. The molecule has 8 aliphatic rings. The Labute approximate surface area is 869 Å². The fourth-order valence-corrected chi connectivity index (χ4v) is 19.9. The number of methoxy groups -OCH3 is 1. The Morgan fingerprint density at radius 2 is 1.07 bits per heavy atom. The number of aromatic amines is 2. The van der Waals surface area contributed by atoms with Crippen molar-refractivity contribution < 1.29 is 31.1 Å². The number of nitrogens with zero attached hydrogens (tertiary/aromatic N) is 11. The van der Waals surface area contributed by atoms with Gasteiger partial charge in [0, 0.05) is 195 Å². The van der Waals surface area contributed by atoms with Crippen LogP contribution in [-0.4, -0.2) is 222 Å². The molecular weight excluding hydrogens is 1860 g/mol. The minimum atomic E-state index is -4.22. The molecule has 4 aromatic heterocycles. The molecule has 0 bridgehead atoms. The number of piperidine rings is 1. The lowest BCUT2D eigenvalue weighted by Gasteiger charge is -2.38. The second kappa shape index (κ2) is 57.0. The van der Waals surface area contributed by atoms with Crippen molar-refractivity contribution >= 4 is 50.7 Å². The molecule has 1 fully saturated rings. The number of aromatic nitrogens is 5. The van der Waals surface area contributed by atoms with Crippen LogP contribution >= 0.6 is 11.6 Å². The summed E-state index contributed by atoms with van der Waals surface area (Å²) in [6.45, 7) is 19.8. The maximum absolute atomic E-state index is 13.2. The van der Waals surface area contributed by atoms with Crippen molar-refractivity contribution in [1.82, 2.24) is 75.2 Å². The Morgan fingerprint density at radius 3 is 1.72 bits per heavy atom. The van der Waals surface area contributed by atoms with Crippen LogP contribution in [0.1, 0.15) is 146 Å². The van der Waals surface area contributed by atoms with Gasteiger partial charge in [-0.2, -0.15) is 13.2 Å². The first-order valence-corrected chi connectivity index (χ1v) is 51.0. The van der Waals surface area contributed by atoms with Gasteiger partial charge in [0.2, 0.25) is 0 Å². The number of benzene rings is 10. The Hall–Kier alpha value is -11.7. The SMILES string of the molecule is C.CN1CCc2c(F)cccc2C1.CN1CCc2c(cccc2C(F)(F)F)C1.CN1CCc2cc(F)ccc2C1.CN1CCc2cccc(F)c2C1.CN1Cc2ccccc2C(C)(C)C1.CN1Cc2ccccc2C1.CNC(COC)c1nc2ccc(Cl)cc2[nH]1.CNC1CCN(c2ccccn2)CC1.CNCc1cccc2[nH]ccc12.CNc1ccc2c(c1)CC(N(C)C)C2.CNc1cccc(Cc2ccncc2)c1. The fraction of sp³-hybridized carbons (Fsp3) is 0.392. The number of pyridine rings is 2. The molecule has 7 N–H and O–H groups in total. The van der Waals surface area contributed by atoms with Crippen LogP contribution in [0.4, 0.5) is 43.5 Å². The van der Waals surface area contributed by atoms with E-state index in [0.717, 1.165) is 161 Å². The summed E-state index contributed by atoms with van der Waals surface area (Å²) < 4.78 is 82.3. The molecule has 19 nitrogen and oxygen atoms in total. The molecule has 1 aliphatic carbocycles. The van der Waals surface area contributed by atoms with Gasteiger partial charge in [0.15, 0.2) is 0 Å². The summed E-state index contributed by atoms with van der Waals surface area (Å²) in [5.74, 6) is 1.77. The van der Waals surface area contributed by atoms with E-state index < -0.39 is 11.7 Å². The van der Waals surface area contributed by atoms with Crippen molar-refractivity contribution in [3.63, 3.8) is 0 Å². The highest BCUT2D eigenvalue weighted by molar-refractivity contribution is 6.31. The van der Waals surface area contributed by atoms with Gasteiger partial charge in [-0.15, -0.1) is 0 Å². The molecule has 22 rings (SSSR count). The maximum atomic E-state index is 13.2. The van der Waals surface area contributed by atoms with E-state index in [9.17, 15) is 26.3 Å². The van der Waals surface area contributed by atoms with Crippen molar-refractivity contribution in [3.8, 4) is 0 Å². The molecule has 780 valence electrons. The zero-order valence-electron chi connectivity index (χ0n) is 87.7. The summed E-state index contributed by atoms with van der Waals surface area (Å²) >= 11 is 5.91. The van der Waals surface area contributed by atoms with Gasteiger partial charge in [0.05, 0.1) is 29.2 Å². The van der Waals surface area contributed by atoms with Gasteiger partial charge >= 0.3 is 6.18 Å². The van der Waals surface area contributed by atoms with E-state index >= 15 is 0 Å². The zero-order valence-corrected chi connectivity index (χ0v) is 88.5. The molecule has 0 radical (unpaired) electrons. The van der Waals surface area contributed by atoms with Crippen LogP contribution < -0.4 is 31.5 Å². The van der Waals surface area contributed by atoms with Gasteiger partial charge in [0.25, 0.3) is 0 Å². The molecule has 146 heavy (non-hydrogen) atoms. The Bertz CT molecular complexity index is 6280. The summed E-state index contributed by atoms with van der Waals surface area (Å²) in [6, 6.07) is 78.4. The number of hydrogen-bond donors (Lipinski definition) is 7. The number of anilines is 3. The van der Waals surface area contributed by atoms with Crippen molar-refractivity contribution in [1.29, 1.82) is 0 Å². The van der Waals surface area contributed by atoms with Crippen molar-refractivity contribution in [2.75, 3.05) is 167 Å². The summed E-state index contributed by atoms with van der Waals surface area (Å²) in [6.07, 6.45) is 12.3. The number of rotatable bonds is 13. The first kappa shape index (κ1) is 115. The maximum Gasteiger partial charge on any atom is 0.416 e. The van der Waals surface area contributed by atoms with E-state index in [4.69, 9.17) is 16.3 Å². The van der Waals surface area contributed by atoms with Crippen molar-refractivity contribution in [2.24, 2.45) is 0 Å². The standard InChI is InChI=1S/C13H14N2.C12H18N2.C12H17N.C11H14ClN3O.C11H12F3N.C11H17N3.3C10H12FN.C10H12N2.C9H11N.CH4/c1-14-13-4-2-3-12(10-13)9-11-5-7-15-8-6-11;1-13-11-5-4-9-7-12(14(2)3)8-10(9)6-11;1-12(2)9-13(3)8-10-6-4-5-7-11(10)12;1-13-10(6-16-2)11-14-8-4-3-7(12)5-9(8)15-11;1-15-6-5-9-8(7-15)3-2-4-10(9)11(12,13)14;1-12-10-5-8-14(9-6-10)11-4-2-3-7-13-11;1-12-5-4-8-6-10(11)3-2-9(8)7-12;1-12-6-5-9-8(7-12)3-2-4-10(9)11;1-12-6-5-8-3-2-4-10(11)9(8)7-12;1-11-7-8-3-2-4-10-9(8)5-6-12-10;1-10-6-8-4-2-3-5-9(8)7-10;/h2-8,10,14H,9H2,1H3;4-6,12-13H,7-8H2,1-3H3;4-7H,8-9H2,1-3H3;3-5,10,13H,6H2,1-2H3,(H,14,15);2-4H,5-7H2,1H3;2-4,7,10,12H,5-6,8-9H2,1H3;2-3,6H,4-5,7H2,1H3;2*2-4H,5-7H2,1H3;2-6,11-12H,7H2,1H3;2-5H,6-7H2,1H3;1H4.